The van der Waals surface area contributed by atoms with Gasteiger partial charge < -0.3 is 34.4 Å². The second-order valence-corrected chi connectivity index (χ2v) is 12.7. The summed E-state index contributed by atoms with van der Waals surface area (Å²) in [5, 5.41) is 25.6. The first-order chi connectivity index (χ1) is 20.6. The van der Waals surface area contributed by atoms with E-state index in [0.717, 1.165) is 35.2 Å². The van der Waals surface area contributed by atoms with Crippen LogP contribution in [0.1, 0.15) is 33.3 Å². The zero-order chi connectivity index (χ0) is 32.4. The number of nitrogens with zero attached hydrogens (tertiary/aromatic N) is 1. The number of aliphatic hydroxyl groups excluding tert-OH is 2. The molecule has 2 aliphatic rings. The second-order valence-electron chi connectivity index (χ2n) is 11.0. The molecule has 12 nitrogen and oxygen atoms in total. The van der Waals surface area contributed by atoms with Crippen molar-refractivity contribution in [3.63, 3.8) is 0 Å². The van der Waals surface area contributed by atoms with Crippen molar-refractivity contribution in [2.75, 3.05) is 6.61 Å². The van der Waals surface area contributed by atoms with Crippen LogP contribution in [-0.4, -0.2) is 76.2 Å². The van der Waals surface area contributed by atoms with E-state index in [0.29, 0.717) is 5.56 Å². The zero-order valence-corrected chi connectivity index (χ0v) is 25.7. The molecule has 4 rings (SSSR count). The summed E-state index contributed by atoms with van der Waals surface area (Å²) < 4.78 is 65.5. The number of carbonyl (C=O) groups excluding carboxylic acids is 2. The lowest BCUT2D eigenvalue weighted by Gasteiger charge is -2.37. The van der Waals surface area contributed by atoms with Gasteiger partial charge in [0.1, 0.15) is 29.8 Å². The monoisotopic (exact) mass is 639 g/mol. The number of rotatable bonds is 11. The third-order valence-corrected chi connectivity index (χ3v) is 8.62. The molecule has 2 aliphatic heterocycles. The number of halogens is 2. The zero-order valence-electron chi connectivity index (χ0n) is 24.8. The molecule has 0 radical (unpaired) electrons. The van der Waals surface area contributed by atoms with Crippen LogP contribution in [0.4, 0.5) is 8.78 Å². The Bertz CT molecular complexity index is 1440. The van der Waals surface area contributed by atoms with Crippen molar-refractivity contribution in [1.82, 2.24) is 15.3 Å². The number of ether oxygens (including phenoxy) is 2. The first-order valence-electron chi connectivity index (χ1n) is 13.9. The van der Waals surface area contributed by atoms with Gasteiger partial charge in [-0.2, -0.15) is 5.09 Å². The Labute approximate surface area is 253 Å². The molecule has 1 saturated heterocycles. The van der Waals surface area contributed by atoms with Crippen molar-refractivity contribution in [2.24, 2.45) is 0 Å². The van der Waals surface area contributed by atoms with Crippen LogP contribution in [0.3, 0.4) is 0 Å². The number of esters is 1. The van der Waals surface area contributed by atoms with E-state index < -0.39 is 68.8 Å². The number of aryl methyl sites for hydroxylation is 1. The highest BCUT2D eigenvalue weighted by molar-refractivity contribution is 7.52. The summed E-state index contributed by atoms with van der Waals surface area (Å²) in [5.41, 5.74) is -0.546. The summed E-state index contributed by atoms with van der Waals surface area (Å²) >= 11 is 0. The van der Waals surface area contributed by atoms with Crippen LogP contribution in [0.15, 0.2) is 54.7 Å². The second kappa shape index (κ2) is 13.3. The van der Waals surface area contributed by atoms with E-state index in [4.69, 9.17) is 18.5 Å². The van der Waals surface area contributed by atoms with Gasteiger partial charge in [0.05, 0.1) is 12.7 Å². The number of benzene rings is 2. The molecule has 1 fully saturated rings. The van der Waals surface area contributed by atoms with Gasteiger partial charge in [-0.15, -0.1) is 0 Å². The summed E-state index contributed by atoms with van der Waals surface area (Å²) in [6.45, 7) is 6.69. The highest BCUT2D eigenvalue weighted by Gasteiger charge is 2.57. The quantitative estimate of drug-likeness (QED) is 0.212. The molecule has 2 heterocycles. The van der Waals surface area contributed by atoms with E-state index >= 15 is 4.39 Å². The Morgan fingerprint density at radius 1 is 1.18 bits per heavy atom. The number of hydrogen-bond acceptors (Lipinski definition) is 10. The fourth-order valence-corrected chi connectivity index (χ4v) is 6.13. The smallest absolute Gasteiger partial charge is 0.459 e. The summed E-state index contributed by atoms with van der Waals surface area (Å²) in [5.74, 6) is -1.61. The molecule has 0 aromatic heterocycles. The molecule has 2 aromatic carbocycles. The maximum Gasteiger partial charge on any atom is 0.459 e. The molecule has 44 heavy (non-hydrogen) atoms. The predicted molar refractivity (Wildman–Crippen MR) is 154 cm³/mol. The van der Waals surface area contributed by atoms with Gasteiger partial charge in [-0.05, 0) is 75.6 Å². The standard InChI is InChI=1S/C29H36F2N3O9P/c1-16(2)41-26(37)18(4)33-44(39,43-21-9-6-19(7-10-21)20-8-11-22(30)17(3)14-20)40-15-23-25(36)29(5,31)27(42-23)34-13-12-24(35)32-28(34)38/h6-14,16,18,23,25,27-28,36,38H,15H2,1-5H3,(H,32,35)(H,33,39)/t18-,23?,25+,27+,28?,29+,44?/m0/s1. The van der Waals surface area contributed by atoms with Crippen molar-refractivity contribution >= 4 is 19.6 Å². The van der Waals surface area contributed by atoms with E-state index in [9.17, 15) is 28.8 Å². The van der Waals surface area contributed by atoms with Crippen molar-refractivity contribution in [3.8, 4) is 16.9 Å². The van der Waals surface area contributed by atoms with E-state index in [1.54, 1.807) is 45.0 Å². The third kappa shape index (κ3) is 7.63. The molecule has 4 N–H and O–H groups in total. The fourth-order valence-electron chi connectivity index (χ4n) is 4.62. The molecule has 0 spiro atoms. The summed E-state index contributed by atoms with van der Waals surface area (Å²) in [4.78, 5) is 25.0. The van der Waals surface area contributed by atoms with Gasteiger partial charge in [-0.25, -0.2) is 13.3 Å². The number of aliphatic hydroxyl groups is 2. The largest absolute Gasteiger partial charge is 0.462 e. The molecule has 0 aliphatic carbocycles. The Kier molecular flexibility index (Phi) is 10.1. The lowest BCUT2D eigenvalue weighted by molar-refractivity contribution is -0.158. The lowest BCUT2D eigenvalue weighted by atomic mass is 9.98. The minimum atomic E-state index is -4.44. The van der Waals surface area contributed by atoms with Crippen LogP contribution >= 0.6 is 7.75 Å². The minimum absolute atomic E-state index is 0.0752. The van der Waals surface area contributed by atoms with Crippen molar-refractivity contribution in [3.05, 3.63) is 66.1 Å². The predicted octanol–water partition coefficient (Wildman–Crippen LogP) is 3.27. The molecule has 240 valence electrons. The summed E-state index contributed by atoms with van der Waals surface area (Å²) in [7, 11) is -4.44. The summed E-state index contributed by atoms with van der Waals surface area (Å²) in [6.07, 6.45) is -4.71. The summed E-state index contributed by atoms with van der Waals surface area (Å²) in [6, 6.07) is 9.77. The maximum atomic E-state index is 15.7. The van der Waals surface area contributed by atoms with Crippen molar-refractivity contribution in [2.45, 2.75) is 77.2 Å². The molecule has 2 aromatic rings. The highest BCUT2D eigenvalue weighted by atomic mass is 31.2. The van der Waals surface area contributed by atoms with Gasteiger partial charge >= 0.3 is 13.7 Å². The van der Waals surface area contributed by atoms with Gasteiger partial charge in [0.2, 0.25) is 12.3 Å². The maximum absolute atomic E-state index is 15.7. The first-order valence-corrected chi connectivity index (χ1v) is 15.4. The normalized spacial score (nSPS) is 27.1. The minimum Gasteiger partial charge on any atom is -0.462 e. The van der Waals surface area contributed by atoms with E-state index in [1.165, 1.54) is 25.1 Å². The van der Waals surface area contributed by atoms with Gasteiger partial charge in [-0.1, -0.05) is 18.2 Å². The number of carbonyl (C=O) groups is 2. The molecular formula is C29H36F2N3O9P. The third-order valence-electron chi connectivity index (χ3n) is 6.98. The number of amides is 1. The molecule has 15 heteroatoms. The SMILES string of the molecule is Cc1cc(-c2ccc(OP(=O)(N[C@@H](C)C(=O)OC(C)C)OCC3O[C@@H](N4C=CC(=O)NC4O)[C@](C)(F)[C@@H]3O)cc2)ccc1F. The van der Waals surface area contributed by atoms with Crippen LogP contribution in [0, 0.1) is 12.7 Å². The lowest BCUT2D eigenvalue weighted by Crippen LogP contribution is -2.58. The number of nitrogens with one attached hydrogen (secondary N) is 2. The van der Waals surface area contributed by atoms with E-state index in [1.807, 2.05) is 0 Å². The molecule has 1 amide bonds. The first kappa shape index (κ1) is 33.5. The molecule has 7 atom stereocenters. The van der Waals surface area contributed by atoms with Crippen LogP contribution in [-0.2, 0) is 28.2 Å². The number of alkyl halides is 1. The average molecular weight is 640 g/mol. The van der Waals surface area contributed by atoms with Crippen LogP contribution < -0.4 is 14.9 Å². The van der Waals surface area contributed by atoms with E-state index in [2.05, 4.69) is 10.4 Å². The Hall–Kier alpha value is -3.39. The Morgan fingerprint density at radius 2 is 1.84 bits per heavy atom. The molecule has 3 unspecified atom stereocenters. The van der Waals surface area contributed by atoms with Gasteiger partial charge in [0.15, 0.2) is 11.9 Å². The van der Waals surface area contributed by atoms with E-state index in [-0.39, 0.29) is 11.6 Å². The highest BCUT2D eigenvalue weighted by Crippen LogP contribution is 2.47. The Balaban J connectivity index is 1.53. The van der Waals surface area contributed by atoms with Gasteiger partial charge in [-0.3, -0.25) is 14.1 Å². The molecule has 0 bridgehead atoms. The van der Waals surface area contributed by atoms with Crippen LogP contribution in [0.5, 0.6) is 5.75 Å². The number of hydrogen-bond donors (Lipinski definition) is 4. The van der Waals surface area contributed by atoms with Gasteiger partial charge in [0.25, 0.3) is 0 Å². The van der Waals surface area contributed by atoms with Crippen molar-refractivity contribution < 1.29 is 51.7 Å². The van der Waals surface area contributed by atoms with Gasteiger partial charge in [0, 0.05) is 12.3 Å². The average Bonchev–Trinajstić information content (AvgIpc) is 3.17. The topological polar surface area (TPSA) is 156 Å². The van der Waals surface area contributed by atoms with Crippen LogP contribution in [0.2, 0.25) is 0 Å². The fraction of sp³-hybridized carbons (Fsp3) is 0.448. The molecule has 0 saturated carbocycles. The van der Waals surface area contributed by atoms with Crippen molar-refractivity contribution in [1.29, 1.82) is 0 Å². The Morgan fingerprint density at radius 3 is 2.45 bits per heavy atom. The molecular weight excluding hydrogens is 603 g/mol. The van der Waals surface area contributed by atoms with Crippen LogP contribution in [0.25, 0.3) is 11.1 Å².